The second-order valence-corrected chi connectivity index (χ2v) is 9.15. The van der Waals surface area contributed by atoms with Crippen molar-refractivity contribution in [3.63, 3.8) is 0 Å². The van der Waals surface area contributed by atoms with E-state index in [-0.39, 0.29) is 6.04 Å². The summed E-state index contributed by atoms with van der Waals surface area (Å²) in [6.45, 7) is 7.68. The SMILES string of the molecule is Cc1ccc(C)c(Nc2ncnc(N3CCN(C(c4ccccc4)c4ccccc4)CC3)c2N)c1. The summed E-state index contributed by atoms with van der Waals surface area (Å²) in [5.74, 6) is 1.45. The van der Waals surface area contributed by atoms with E-state index < -0.39 is 0 Å². The Labute approximate surface area is 207 Å². The Morgan fingerprint density at radius 2 is 1.43 bits per heavy atom. The van der Waals surface area contributed by atoms with Crippen molar-refractivity contribution < 1.29 is 0 Å². The standard InChI is InChI=1S/C29H32N6/c1-21-13-14-22(2)25(19-21)33-28-26(30)29(32-20-31-28)35-17-15-34(16-18-35)27(23-9-5-3-6-10-23)24-11-7-4-8-12-24/h3-14,19-20,27H,15-18,30H2,1-2H3,(H,31,32,33). The zero-order valence-corrected chi connectivity index (χ0v) is 20.4. The number of piperazine rings is 1. The fourth-order valence-corrected chi connectivity index (χ4v) is 4.81. The molecule has 1 aromatic heterocycles. The maximum atomic E-state index is 6.58. The van der Waals surface area contributed by atoms with Gasteiger partial charge in [0.05, 0.1) is 6.04 Å². The maximum Gasteiger partial charge on any atom is 0.159 e. The van der Waals surface area contributed by atoms with Crippen LogP contribution < -0.4 is 16.0 Å². The van der Waals surface area contributed by atoms with Gasteiger partial charge in [-0.3, -0.25) is 4.90 Å². The summed E-state index contributed by atoms with van der Waals surface area (Å²) < 4.78 is 0. The number of aromatic nitrogens is 2. The first-order valence-electron chi connectivity index (χ1n) is 12.1. The molecule has 35 heavy (non-hydrogen) atoms. The van der Waals surface area contributed by atoms with Gasteiger partial charge in [-0.2, -0.15) is 0 Å². The number of nitrogens with two attached hydrogens (primary N) is 1. The van der Waals surface area contributed by atoms with Crippen LogP contribution in [0, 0.1) is 13.8 Å². The van der Waals surface area contributed by atoms with Gasteiger partial charge in [0.25, 0.3) is 0 Å². The molecule has 3 aromatic carbocycles. The second kappa shape index (κ2) is 10.2. The molecule has 178 valence electrons. The number of hydrogen-bond acceptors (Lipinski definition) is 6. The molecule has 3 N–H and O–H groups in total. The second-order valence-electron chi connectivity index (χ2n) is 9.15. The predicted molar refractivity (Wildman–Crippen MR) is 144 cm³/mol. The summed E-state index contributed by atoms with van der Waals surface area (Å²) in [5.41, 5.74) is 13.2. The molecule has 6 nitrogen and oxygen atoms in total. The van der Waals surface area contributed by atoms with Gasteiger partial charge in [0.2, 0.25) is 0 Å². The molecule has 1 fully saturated rings. The average molecular weight is 465 g/mol. The van der Waals surface area contributed by atoms with Crippen LogP contribution in [0.15, 0.2) is 85.2 Å². The molecular weight excluding hydrogens is 432 g/mol. The summed E-state index contributed by atoms with van der Waals surface area (Å²) in [7, 11) is 0. The van der Waals surface area contributed by atoms with E-state index in [1.807, 2.05) is 0 Å². The van der Waals surface area contributed by atoms with Gasteiger partial charge in [-0.1, -0.05) is 72.8 Å². The molecule has 1 saturated heterocycles. The van der Waals surface area contributed by atoms with E-state index in [2.05, 4.69) is 118 Å². The molecule has 0 radical (unpaired) electrons. The number of hydrogen-bond donors (Lipinski definition) is 2. The Hall–Kier alpha value is -3.90. The molecule has 0 amide bonds. The molecule has 0 spiro atoms. The quantitative estimate of drug-likeness (QED) is 0.402. The van der Waals surface area contributed by atoms with Crippen molar-refractivity contribution in [1.82, 2.24) is 14.9 Å². The minimum absolute atomic E-state index is 0.226. The Bertz CT molecular complexity index is 1230. The van der Waals surface area contributed by atoms with Gasteiger partial charge < -0.3 is 16.0 Å². The monoisotopic (exact) mass is 464 g/mol. The van der Waals surface area contributed by atoms with Crippen LogP contribution in [-0.2, 0) is 0 Å². The minimum atomic E-state index is 0.226. The van der Waals surface area contributed by atoms with Crippen LogP contribution in [0.5, 0.6) is 0 Å². The number of benzene rings is 3. The highest BCUT2D eigenvalue weighted by Crippen LogP contribution is 2.33. The Kier molecular flexibility index (Phi) is 6.64. The lowest BCUT2D eigenvalue weighted by Crippen LogP contribution is -2.48. The Morgan fingerprint density at radius 1 is 0.800 bits per heavy atom. The van der Waals surface area contributed by atoms with Crippen LogP contribution in [-0.4, -0.2) is 41.0 Å². The van der Waals surface area contributed by atoms with Crippen LogP contribution in [0.1, 0.15) is 28.3 Å². The van der Waals surface area contributed by atoms with Crippen LogP contribution in [0.3, 0.4) is 0 Å². The number of nitrogens with zero attached hydrogens (tertiary/aromatic N) is 4. The van der Waals surface area contributed by atoms with Gasteiger partial charge in [0.15, 0.2) is 11.6 Å². The predicted octanol–water partition coefficient (Wildman–Crippen LogP) is 5.33. The largest absolute Gasteiger partial charge is 0.393 e. The van der Waals surface area contributed by atoms with Crippen LogP contribution in [0.25, 0.3) is 0 Å². The summed E-state index contributed by atoms with van der Waals surface area (Å²) in [6, 6.07) is 28.0. The normalized spacial score (nSPS) is 14.3. The summed E-state index contributed by atoms with van der Waals surface area (Å²) >= 11 is 0. The van der Waals surface area contributed by atoms with Gasteiger partial charge in [0, 0.05) is 31.9 Å². The van der Waals surface area contributed by atoms with Crippen molar-refractivity contribution >= 4 is 23.0 Å². The zero-order valence-electron chi connectivity index (χ0n) is 20.4. The molecule has 1 aliphatic heterocycles. The van der Waals surface area contributed by atoms with E-state index in [0.717, 1.165) is 43.2 Å². The van der Waals surface area contributed by atoms with Crippen LogP contribution in [0.4, 0.5) is 23.0 Å². The molecule has 6 heteroatoms. The van der Waals surface area contributed by atoms with Crippen molar-refractivity contribution in [3.05, 3.63) is 107 Å². The highest BCUT2D eigenvalue weighted by Gasteiger charge is 2.28. The number of nitrogens with one attached hydrogen (secondary N) is 1. The first kappa shape index (κ1) is 22.9. The van der Waals surface area contributed by atoms with E-state index in [1.165, 1.54) is 16.7 Å². The van der Waals surface area contributed by atoms with E-state index >= 15 is 0 Å². The molecular formula is C29H32N6. The third kappa shape index (κ3) is 4.98. The Balaban J connectivity index is 1.34. The third-order valence-corrected chi connectivity index (χ3v) is 6.72. The van der Waals surface area contributed by atoms with Gasteiger partial charge in [-0.15, -0.1) is 0 Å². The molecule has 4 aromatic rings. The van der Waals surface area contributed by atoms with Gasteiger partial charge in [-0.05, 0) is 42.2 Å². The summed E-state index contributed by atoms with van der Waals surface area (Å²) in [6.07, 6.45) is 1.60. The van der Waals surface area contributed by atoms with E-state index in [1.54, 1.807) is 6.33 Å². The Morgan fingerprint density at radius 3 is 2.06 bits per heavy atom. The van der Waals surface area contributed by atoms with E-state index in [0.29, 0.717) is 11.5 Å². The first-order valence-corrected chi connectivity index (χ1v) is 12.1. The molecule has 2 heterocycles. The van der Waals surface area contributed by atoms with Crippen molar-refractivity contribution in [2.24, 2.45) is 0 Å². The number of nitrogen functional groups attached to an aromatic ring is 1. The third-order valence-electron chi connectivity index (χ3n) is 6.72. The lowest BCUT2D eigenvalue weighted by atomic mass is 9.96. The lowest BCUT2D eigenvalue weighted by molar-refractivity contribution is 0.212. The number of rotatable bonds is 6. The minimum Gasteiger partial charge on any atom is -0.393 e. The molecule has 0 atom stereocenters. The van der Waals surface area contributed by atoms with Crippen LogP contribution >= 0.6 is 0 Å². The van der Waals surface area contributed by atoms with Gasteiger partial charge in [-0.25, -0.2) is 9.97 Å². The van der Waals surface area contributed by atoms with Gasteiger partial charge in [0.1, 0.15) is 12.0 Å². The molecule has 5 rings (SSSR count). The van der Waals surface area contributed by atoms with E-state index in [9.17, 15) is 0 Å². The fourth-order valence-electron chi connectivity index (χ4n) is 4.81. The number of aryl methyl sites for hydroxylation is 2. The lowest BCUT2D eigenvalue weighted by Gasteiger charge is -2.40. The average Bonchev–Trinajstić information content (AvgIpc) is 2.89. The highest BCUT2D eigenvalue weighted by atomic mass is 15.3. The smallest absolute Gasteiger partial charge is 0.159 e. The molecule has 0 aliphatic carbocycles. The maximum absolute atomic E-state index is 6.58. The number of anilines is 4. The molecule has 0 bridgehead atoms. The topological polar surface area (TPSA) is 70.3 Å². The molecule has 0 saturated carbocycles. The highest BCUT2D eigenvalue weighted by molar-refractivity contribution is 5.79. The van der Waals surface area contributed by atoms with Crippen LogP contribution in [0.2, 0.25) is 0 Å². The van der Waals surface area contributed by atoms with Crippen molar-refractivity contribution in [1.29, 1.82) is 0 Å². The molecule has 0 unspecified atom stereocenters. The van der Waals surface area contributed by atoms with Gasteiger partial charge >= 0.3 is 0 Å². The first-order chi connectivity index (χ1) is 17.1. The van der Waals surface area contributed by atoms with Crippen molar-refractivity contribution in [2.45, 2.75) is 19.9 Å². The van der Waals surface area contributed by atoms with Crippen molar-refractivity contribution in [3.8, 4) is 0 Å². The molecule has 1 aliphatic rings. The zero-order chi connectivity index (χ0) is 24.2. The summed E-state index contributed by atoms with van der Waals surface area (Å²) in [4.78, 5) is 13.8. The fraction of sp³-hybridized carbons (Fsp3) is 0.241. The summed E-state index contributed by atoms with van der Waals surface area (Å²) in [5, 5.41) is 3.42. The van der Waals surface area contributed by atoms with Crippen molar-refractivity contribution in [2.75, 3.05) is 42.1 Å². The van der Waals surface area contributed by atoms with E-state index in [4.69, 9.17) is 5.73 Å².